The Morgan fingerprint density at radius 3 is 2.27 bits per heavy atom. The van der Waals surface area contributed by atoms with Crippen LogP contribution in [-0.4, -0.2) is 50.5 Å². The zero-order valence-corrected chi connectivity index (χ0v) is 14.4. The smallest absolute Gasteiger partial charge is 0.305 e. The van der Waals surface area contributed by atoms with Crippen LogP contribution in [0.15, 0.2) is 0 Å². The molecule has 22 heavy (non-hydrogen) atoms. The van der Waals surface area contributed by atoms with Crippen molar-refractivity contribution in [2.75, 3.05) is 0 Å². The van der Waals surface area contributed by atoms with Crippen molar-refractivity contribution in [2.45, 2.75) is 68.7 Å². The minimum Gasteiger partial charge on any atom is -0.481 e. The van der Waals surface area contributed by atoms with E-state index < -0.39 is 30.4 Å². The summed E-state index contributed by atoms with van der Waals surface area (Å²) < 4.78 is 6.28. The number of nitrogens with one attached hydrogen (secondary N) is 2. The van der Waals surface area contributed by atoms with Crippen LogP contribution in [0.3, 0.4) is 0 Å². The van der Waals surface area contributed by atoms with Gasteiger partial charge in [0.25, 0.3) is 1.43 Å². The fourth-order valence-electron chi connectivity index (χ4n) is 2.85. The highest BCUT2D eigenvalue weighted by Gasteiger charge is 2.54. The van der Waals surface area contributed by atoms with E-state index in [0.29, 0.717) is 0 Å². The molecule has 8 heteroatoms. The second-order valence-electron chi connectivity index (χ2n) is 6.66. The Hall–Kier alpha value is -1.28. The maximum absolute atomic E-state index is 12.3. The molecule has 1 rings (SSSR count). The summed E-state index contributed by atoms with van der Waals surface area (Å²) in [5.41, 5.74) is 5.54. The van der Waals surface area contributed by atoms with Gasteiger partial charge in [0.2, 0.25) is 11.8 Å². The van der Waals surface area contributed by atoms with Crippen LogP contribution in [0.1, 0.15) is 41.0 Å². The van der Waals surface area contributed by atoms with Gasteiger partial charge < -0.3 is 21.5 Å². The van der Waals surface area contributed by atoms with E-state index >= 15 is 0 Å². The van der Waals surface area contributed by atoms with E-state index in [9.17, 15) is 14.4 Å². The van der Waals surface area contributed by atoms with E-state index in [1.54, 1.807) is 18.7 Å². The van der Waals surface area contributed by atoms with Crippen molar-refractivity contribution in [3.8, 4) is 0 Å². The summed E-state index contributed by atoms with van der Waals surface area (Å²) in [6.07, 6.45) is -0.414. The molecule has 0 aliphatic carbocycles. The van der Waals surface area contributed by atoms with Gasteiger partial charge in [-0.25, -0.2) is 0 Å². The third-order valence-corrected chi connectivity index (χ3v) is 5.20. The molecule has 0 radical (unpaired) electrons. The molecular weight excluding hydrogens is 306 g/mol. The topological polar surface area (TPSA) is 122 Å². The lowest BCUT2D eigenvalue weighted by Gasteiger charge is -2.57. The minimum absolute atomic E-state index is 0.0150. The summed E-state index contributed by atoms with van der Waals surface area (Å²) in [6.45, 7) is 9.77. The Labute approximate surface area is 136 Å². The van der Waals surface area contributed by atoms with E-state index in [4.69, 9.17) is 7.16 Å². The predicted molar refractivity (Wildman–Crippen MR) is 85.5 cm³/mol. The summed E-state index contributed by atoms with van der Waals surface area (Å²) in [5.74, 6) is -1.85. The average molecular weight is 332 g/mol. The number of rotatable bonds is 6. The summed E-state index contributed by atoms with van der Waals surface area (Å²) in [4.78, 5) is 35.0. The van der Waals surface area contributed by atoms with Gasteiger partial charge in [0.05, 0.1) is 18.5 Å². The third-order valence-electron chi connectivity index (χ3n) is 3.68. The zero-order chi connectivity index (χ0) is 18.0. The SMILES string of the molecule is [2H]OC(=O)C[C@H](N)C(=O)N[C@@H](C)C(=O)NC1C(C)(C)SC1(C)C. The van der Waals surface area contributed by atoms with Crippen molar-refractivity contribution in [1.29, 1.82) is 1.43 Å². The maximum atomic E-state index is 12.3. The summed E-state index contributed by atoms with van der Waals surface area (Å²) in [6, 6.07) is -1.95. The number of carboxylic acids is 1. The first kappa shape index (κ1) is 17.1. The fraction of sp³-hybridized carbons (Fsp3) is 0.786. The van der Waals surface area contributed by atoms with Crippen molar-refractivity contribution in [1.82, 2.24) is 10.6 Å². The number of amides is 2. The number of nitrogens with two attached hydrogens (primary N) is 1. The van der Waals surface area contributed by atoms with Crippen LogP contribution in [0.5, 0.6) is 0 Å². The Morgan fingerprint density at radius 2 is 1.82 bits per heavy atom. The summed E-state index contributed by atoms with van der Waals surface area (Å²) >= 11 is 1.79. The van der Waals surface area contributed by atoms with E-state index in [1.807, 2.05) is 0 Å². The Morgan fingerprint density at radius 1 is 1.27 bits per heavy atom. The van der Waals surface area contributed by atoms with Crippen molar-refractivity contribution in [2.24, 2.45) is 5.73 Å². The highest BCUT2D eigenvalue weighted by atomic mass is 32.2. The largest absolute Gasteiger partial charge is 0.481 e. The second kappa shape index (κ2) is 6.45. The van der Waals surface area contributed by atoms with Crippen LogP contribution in [0, 0.1) is 0 Å². The first-order valence-corrected chi connectivity index (χ1v) is 7.95. The predicted octanol–water partition coefficient (Wildman–Crippen LogP) is 0.0819. The van der Waals surface area contributed by atoms with Gasteiger partial charge >= 0.3 is 5.97 Å². The molecule has 0 aromatic heterocycles. The average Bonchev–Trinajstić information content (AvgIpc) is 2.42. The van der Waals surface area contributed by atoms with Crippen molar-refractivity contribution < 1.29 is 19.5 Å². The van der Waals surface area contributed by atoms with Gasteiger partial charge in [-0.2, -0.15) is 0 Å². The van der Waals surface area contributed by atoms with E-state index in [-0.39, 0.29) is 21.4 Å². The molecule has 1 aliphatic rings. The molecular formula is C14H25N3O4S. The summed E-state index contributed by atoms with van der Waals surface area (Å²) in [5, 5.41) is 9.13. The normalized spacial score (nSPS) is 22.5. The Balaban J connectivity index is 2.54. The number of thioether (sulfide) groups is 1. The number of hydrogen-bond donors (Lipinski definition) is 4. The van der Waals surface area contributed by atoms with Crippen LogP contribution in [-0.2, 0) is 14.4 Å². The lowest BCUT2D eigenvalue weighted by Crippen LogP contribution is -2.68. The monoisotopic (exact) mass is 332 g/mol. The lowest BCUT2D eigenvalue weighted by molar-refractivity contribution is -0.139. The maximum Gasteiger partial charge on any atom is 0.305 e. The van der Waals surface area contributed by atoms with Gasteiger partial charge in [-0.1, -0.05) is 0 Å². The standard InChI is InChI=1S/C14H25N3O4S/c1-7(16-11(21)8(15)6-9(18)19)10(20)17-12-13(2,3)22-14(12,4)5/h7-8,12H,6,15H2,1-5H3,(H,16,21)(H,17,20)(H,18,19)/t7-,8-/m0/s1/i/hD. The van der Waals surface area contributed by atoms with Gasteiger partial charge in [0, 0.05) is 9.49 Å². The van der Waals surface area contributed by atoms with E-state index in [1.165, 1.54) is 0 Å². The number of hydrogen-bond acceptors (Lipinski definition) is 6. The molecule has 2 atom stereocenters. The highest BCUT2D eigenvalue weighted by molar-refractivity contribution is 8.03. The van der Waals surface area contributed by atoms with Crippen LogP contribution in [0.25, 0.3) is 1.43 Å². The van der Waals surface area contributed by atoms with Gasteiger partial charge in [-0.15, -0.1) is 11.8 Å². The molecule has 0 bridgehead atoms. The molecule has 7 nitrogen and oxygen atoms in total. The van der Waals surface area contributed by atoms with Crippen LogP contribution < -0.4 is 16.4 Å². The quantitative estimate of drug-likeness (QED) is 0.546. The number of aliphatic carboxylic acids is 1. The molecule has 1 fully saturated rings. The zero-order valence-electron chi connectivity index (χ0n) is 14.6. The van der Waals surface area contributed by atoms with E-state index in [2.05, 4.69) is 43.4 Å². The van der Waals surface area contributed by atoms with Gasteiger partial charge in [-0.3, -0.25) is 14.4 Å². The molecule has 0 saturated carbocycles. The van der Waals surface area contributed by atoms with Gasteiger partial charge in [0.1, 0.15) is 6.04 Å². The van der Waals surface area contributed by atoms with Crippen LogP contribution in [0.4, 0.5) is 0 Å². The second-order valence-corrected chi connectivity index (χ2v) is 8.97. The number of carboxylic acid groups (broad SMARTS) is 1. The molecule has 0 spiro atoms. The molecule has 0 unspecified atom stereocenters. The van der Waals surface area contributed by atoms with Gasteiger partial charge in [-0.05, 0) is 34.6 Å². The van der Waals surface area contributed by atoms with Crippen molar-refractivity contribution >= 4 is 29.5 Å². The molecule has 0 aromatic rings. The first-order chi connectivity index (χ1) is 10.4. The molecule has 0 aromatic carbocycles. The lowest BCUT2D eigenvalue weighted by atomic mass is 9.89. The van der Waals surface area contributed by atoms with Gasteiger partial charge in [0.15, 0.2) is 0 Å². The molecule has 1 saturated heterocycles. The van der Waals surface area contributed by atoms with Crippen LogP contribution >= 0.6 is 11.8 Å². The molecule has 126 valence electrons. The fourth-order valence-corrected chi connectivity index (χ4v) is 4.96. The molecule has 1 heterocycles. The van der Waals surface area contributed by atoms with Crippen molar-refractivity contribution in [3.63, 3.8) is 0 Å². The van der Waals surface area contributed by atoms with E-state index in [0.717, 1.165) is 0 Å². The molecule has 2 amide bonds. The number of carbonyl (C=O) groups excluding carboxylic acids is 2. The minimum atomic E-state index is -1.16. The Kier molecular flexibility index (Phi) is 5.01. The van der Waals surface area contributed by atoms with Crippen molar-refractivity contribution in [3.05, 3.63) is 0 Å². The molecule has 1 aliphatic heterocycles. The Bertz CT molecular complexity index is 484. The summed E-state index contributed by atoms with van der Waals surface area (Å²) in [7, 11) is 0. The molecule has 5 N–H and O–H groups in total. The number of carbonyl (C=O) groups is 3. The van der Waals surface area contributed by atoms with Crippen LogP contribution in [0.2, 0.25) is 0 Å². The highest BCUT2D eigenvalue weighted by Crippen LogP contribution is 2.54. The first-order valence-electron chi connectivity index (χ1n) is 7.54. The third kappa shape index (κ3) is 4.36.